The maximum atomic E-state index is 2.62. The summed E-state index contributed by atoms with van der Waals surface area (Å²) in [5.74, 6) is 0. The molecule has 464 valence electrons. The summed E-state index contributed by atoms with van der Waals surface area (Å²) in [6, 6.07) is 85.8. The smallest absolute Gasteiger partial charge is 0.0541 e. The molecule has 0 unspecified atom stereocenters. The van der Waals surface area contributed by atoms with Crippen molar-refractivity contribution in [1.29, 1.82) is 0 Å². The quantitative estimate of drug-likeness (QED) is 0.0393. The number of anilines is 3. The third kappa shape index (κ3) is 14.5. The highest BCUT2D eigenvalue weighted by Gasteiger charge is 2.42. The molecular weight excluding hydrogens is 1100 g/mol. The predicted molar refractivity (Wildman–Crippen MR) is 395 cm³/mol. The van der Waals surface area contributed by atoms with Crippen molar-refractivity contribution in [3.8, 4) is 61.3 Å². The summed E-state index contributed by atoms with van der Waals surface area (Å²) < 4.78 is 2.44. The largest absolute Gasteiger partial charge is 0.311 e. The summed E-state index contributed by atoms with van der Waals surface area (Å²) in [5.41, 5.74) is 27.1. The van der Waals surface area contributed by atoms with E-state index in [2.05, 4.69) is 269 Å². The van der Waals surface area contributed by atoms with Crippen LogP contribution in [0.15, 0.2) is 224 Å². The predicted octanol–water partition coefficient (Wildman–Crippen LogP) is 27.0. The van der Waals surface area contributed by atoms with E-state index < -0.39 is 0 Å². The van der Waals surface area contributed by atoms with E-state index >= 15 is 0 Å². The van der Waals surface area contributed by atoms with Gasteiger partial charge in [-0.25, -0.2) is 0 Å². The first-order chi connectivity index (χ1) is 44.8. The van der Waals surface area contributed by atoms with Gasteiger partial charge in [0, 0.05) is 38.9 Å². The molecule has 2 nitrogen and oxygen atoms in total. The van der Waals surface area contributed by atoms with Crippen molar-refractivity contribution in [2.75, 3.05) is 4.90 Å². The number of aromatic nitrogens is 1. The average Bonchev–Trinajstić information content (AvgIpc) is 1.60. The number of unbranched alkanes of at least 4 members (excludes halogenated alkanes) is 17. The zero-order chi connectivity index (χ0) is 62.4. The van der Waals surface area contributed by atoms with Crippen LogP contribution in [0.25, 0.3) is 83.1 Å². The molecule has 0 fully saturated rings. The molecule has 0 spiro atoms. The number of fused-ring (bicyclic) bond motifs is 6. The Balaban J connectivity index is 0.800. The second-order valence-electron chi connectivity index (χ2n) is 26.8. The van der Waals surface area contributed by atoms with E-state index in [0.717, 1.165) is 29.2 Å². The molecule has 91 heavy (non-hydrogen) atoms. The van der Waals surface area contributed by atoms with Crippen LogP contribution in [0, 0.1) is 13.8 Å². The molecular formula is C89H98N2. The van der Waals surface area contributed by atoms with E-state index in [-0.39, 0.29) is 5.41 Å². The van der Waals surface area contributed by atoms with Gasteiger partial charge in [0.25, 0.3) is 0 Å². The molecule has 12 rings (SSSR count). The summed E-state index contributed by atoms with van der Waals surface area (Å²) in [6.07, 6.45) is 30.4. The van der Waals surface area contributed by atoms with Crippen LogP contribution in [0.1, 0.15) is 190 Å². The minimum Gasteiger partial charge on any atom is -0.311 e. The third-order valence-corrected chi connectivity index (χ3v) is 20.2. The topological polar surface area (TPSA) is 8.17 Å². The van der Waals surface area contributed by atoms with Gasteiger partial charge in [-0.1, -0.05) is 306 Å². The van der Waals surface area contributed by atoms with E-state index in [0.29, 0.717) is 0 Å². The number of hydrogen-bond acceptors (Lipinski definition) is 1. The number of rotatable bonds is 31. The van der Waals surface area contributed by atoms with Crippen molar-refractivity contribution in [2.24, 2.45) is 0 Å². The lowest BCUT2D eigenvalue weighted by Gasteiger charge is -2.33. The molecule has 1 aliphatic rings. The molecule has 0 atom stereocenters. The SMILES string of the molecule is CCCCCCCCCCC1(CCCCCCCCCC)c2cc(C)ccc2-c2ccc(-c3ccc(N(c4ccc(C)cc4)c4ccc(-c5ccc6c(c5)c5ccccc5n6-c5cccc(-c6ccc(-c7ccc(CCCCCC)cc7)cc6)c5)cc4)cc3)cc21. The second kappa shape index (κ2) is 30.3. The molecule has 1 aliphatic carbocycles. The Hall–Kier alpha value is -8.20. The highest BCUT2D eigenvalue weighted by Crippen LogP contribution is 2.55. The zero-order valence-electron chi connectivity index (χ0n) is 55.5. The minimum atomic E-state index is 0.0407. The van der Waals surface area contributed by atoms with Crippen LogP contribution in [0.3, 0.4) is 0 Å². The summed E-state index contributed by atoms with van der Waals surface area (Å²) >= 11 is 0. The van der Waals surface area contributed by atoms with Crippen LogP contribution in [0.5, 0.6) is 0 Å². The van der Waals surface area contributed by atoms with Crippen molar-refractivity contribution in [2.45, 2.75) is 188 Å². The van der Waals surface area contributed by atoms with Gasteiger partial charge in [-0.2, -0.15) is 0 Å². The van der Waals surface area contributed by atoms with E-state index in [9.17, 15) is 0 Å². The van der Waals surface area contributed by atoms with Gasteiger partial charge in [0.1, 0.15) is 0 Å². The van der Waals surface area contributed by atoms with Crippen molar-refractivity contribution in [3.05, 3.63) is 252 Å². The Labute approximate surface area is 546 Å². The molecule has 10 aromatic carbocycles. The van der Waals surface area contributed by atoms with Crippen LogP contribution in [-0.4, -0.2) is 4.57 Å². The number of nitrogens with zero attached hydrogens (tertiary/aromatic N) is 2. The molecule has 1 aromatic heterocycles. The van der Waals surface area contributed by atoms with Gasteiger partial charge in [-0.05, 0) is 185 Å². The maximum Gasteiger partial charge on any atom is 0.0541 e. The first kappa shape index (κ1) is 63.0. The molecule has 1 heterocycles. The second-order valence-corrected chi connectivity index (χ2v) is 26.8. The lowest BCUT2D eigenvalue weighted by atomic mass is 9.70. The zero-order valence-corrected chi connectivity index (χ0v) is 55.5. The van der Waals surface area contributed by atoms with Crippen LogP contribution < -0.4 is 4.90 Å². The fourth-order valence-corrected chi connectivity index (χ4v) is 15.1. The standard InChI is InChI=1S/C89H98N2/c1-6-9-12-15-17-19-21-26-60-89(61-27-22-20-18-16-13-10-7-2)85-62-67(5)36-57-81(85)82-58-49-76(65-86(82)89)73-47-55-79(56-48-73)90(77-51-34-66(4)35-52-77)78-53-45-72(46-54-78)75-50-59-88-84(64-75)83-32-24-25-33-87(83)91(88)80-31-28-30-74(63-80)71-43-41-70(42-44-71)69-39-37-68(38-40-69)29-23-14-11-8-3/h24-25,28,30-59,62-65H,6-23,26-27,29,60-61H2,1-5H3. The highest BCUT2D eigenvalue weighted by atomic mass is 15.1. The van der Waals surface area contributed by atoms with E-state index in [4.69, 9.17) is 0 Å². The summed E-state index contributed by atoms with van der Waals surface area (Å²) in [7, 11) is 0. The first-order valence-corrected chi connectivity index (χ1v) is 35.5. The molecule has 0 saturated heterocycles. The molecule has 2 heteroatoms. The number of hydrogen-bond donors (Lipinski definition) is 0. The maximum absolute atomic E-state index is 2.62. The number of benzene rings is 10. The van der Waals surface area contributed by atoms with Crippen LogP contribution >= 0.6 is 0 Å². The summed E-state index contributed by atoms with van der Waals surface area (Å²) in [5, 5.41) is 2.50. The fraction of sp³-hybridized carbons (Fsp3) is 0.326. The van der Waals surface area contributed by atoms with Gasteiger partial charge in [-0.15, -0.1) is 0 Å². The van der Waals surface area contributed by atoms with E-state index in [1.807, 2.05) is 0 Å². The average molecular weight is 1200 g/mol. The fourth-order valence-electron chi connectivity index (χ4n) is 15.1. The van der Waals surface area contributed by atoms with Crippen molar-refractivity contribution in [1.82, 2.24) is 4.57 Å². The third-order valence-electron chi connectivity index (χ3n) is 20.2. The Morgan fingerprint density at radius 3 is 1.31 bits per heavy atom. The van der Waals surface area contributed by atoms with Gasteiger partial charge in [0.05, 0.1) is 11.0 Å². The lowest BCUT2D eigenvalue weighted by Crippen LogP contribution is -2.25. The molecule has 0 aliphatic heterocycles. The van der Waals surface area contributed by atoms with Crippen LogP contribution in [0.4, 0.5) is 17.1 Å². The van der Waals surface area contributed by atoms with Crippen molar-refractivity contribution >= 4 is 38.9 Å². The lowest BCUT2D eigenvalue weighted by molar-refractivity contribution is 0.397. The first-order valence-electron chi connectivity index (χ1n) is 35.5. The van der Waals surface area contributed by atoms with Crippen LogP contribution in [-0.2, 0) is 11.8 Å². The van der Waals surface area contributed by atoms with E-state index in [1.165, 1.54) is 235 Å². The molecule has 0 saturated carbocycles. The van der Waals surface area contributed by atoms with Crippen molar-refractivity contribution < 1.29 is 0 Å². The summed E-state index contributed by atoms with van der Waals surface area (Å²) in [4.78, 5) is 2.42. The number of aryl methyl sites for hydroxylation is 3. The van der Waals surface area contributed by atoms with Gasteiger partial charge in [-0.3, -0.25) is 0 Å². The Morgan fingerprint density at radius 1 is 0.308 bits per heavy atom. The van der Waals surface area contributed by atoms with Crippen LogP contribution in [0.2, 0.25) is 0 Å². The van der Waals surface area contributed by atoms with Gasteiger partial charge >= 0.3 is 0 Å². The number of para-hydroxylation sites is 1. The van der Waals surface area contributed by atoms with Crippen molar-refractivity contribution in [3.63, 3.8) is 0 Å². The Bertz CT molecular complexity index is 4100. The molecule has 0 amide bonds. The Morgan fingerprint density at radius 2 is 0.725 bits per heavy atom. The Kier molecular flexibility index (Phi) is 21.0. The van der Waals surface area contributed by atoms with Gasteiger partial charge < -0.3 is 9.47 Å². The minimum absolute atomic E-state index is 0.0407. The van der Waals surface area contributed by atoms with Gasteiger partial charge in [0.2, 0.25) is 0 Å². The molecule has 0 N–H and O–H groups in total. The summed E-state index contributed by atoms with van der Waals surface area (Å²) in [6.45, 7) is 11.4. The van der Waals surface area contributed by atoms with E-state index in [1.54, 1.807) is 11.1 Å². The molecule has 0 bridgehead atoms. The molecule has 0 radical (unpaired) electrons. The highest BCUT2D eigenvalue weighted by molar-refractivity contribution is 6.10. The normalized spacial score (nSPS) is 12.5. The monoisotopic (exact) mass is 1190 g/mol. The van der Waals surface area contributed by atoms with Gasteiger partial charge in [0.15, 0.2) is 0 Å². The molecule has 11 aromatic rings.